The lowest BCUT2D eigenvalue weighted by Crippen LogP contribution is -2.13. The molecule has 0 amide bonds. The Morgan fingerprint density at radius 3 is 2.27 bits per heavy atom. The molecule has 0 spiro atoms. The van der Waals surface area contributed by atoms with Gasteiger partial charge >= 0.3 is 5.97 Å². The van der Waals surface area contributed by atoms with Crippen molar-refractivity contribution in [2.75, 3.05) is 20.3 Å². The lowest BCUT2D eigenvalue weighted by atomic mass is 10.0. The Labute approximate surface area is 215 Å². The number of ether oxygens (including phenoxy) is 3. The molecule has 1 heterocycles. The highest BCUT2D eigenvalue weighted by Gasteiger charge is 2.22. The molecule has 8 nitrogen and oxygen atoms in total. The van der Waals surface area contributed by atoms with Gasteiger partial charge in [0.05, 0.1) is 12.2 Å². The van der Waals surface area contributed by atoms with Crippen molar-refractivity contribution >= 4 is 11.7 Å². The molecule has 37 heavy (non-hydrogen) atoms. The van der Waals surface area contributed by atoms with Gasteiger partial charge in [0, 0.05) is 5.56 Å². The summed E-state index contributed by atoms with van der Waals surface area (Å²) in [5.41, 5.74) is 4.21. The van der Waals surface area contributed by atoms with Crippen molar-refractivity contribution in [3.05, 3.63) is 101 Å². The largest absolute Gasteiger partial charge is 0.489 e. The van der Waals surface area contributed by atoms with E-state index in [1.807, 2.05) is 78.9 Å². The molecule has 8 heteroatoms. The van der Waals surface area contributed by atoms with Crippen molar-refractivity contribution < 1.29 is 28.4 Å². The van der Waals surface area contributed by atoms with Gasteiger partial charge in [0.1, 0.15) is 43.3 Å². The number of hydrogen-bond donors (Lipinski definition) is 0. The van der Waals surface area contributed by atoms with Gasteiger partial charge in [-0.05, 0) is 49.2 Å². The van der Waals surface area contributed by atoms with Crippen LogP contribution in [0.25, 0.3) is 11.1 Å². The van der Waals surface area contributed by atoms with Crippen LogP contribution in [0.4, 0.5) is 0 Å². The topological polar surface area (TPSA) is 92.4 Å². The van der Waals surface area contributed by atoms with Gasteiger partial charge in [0.2, 0.25) is 0 Å². The number of rotatable bonds is 11. The average molecular weight is 501 g/mol. The SMILES string of the molecule is CCOC(=O)c1noc(C)c1-c1ccc(OCc2ccc(OCC(=NOC)c3ccccc3)cc2)cc1. The van der Waals surface area contributed by atoms with Crippen LogP contribution >= 0.6 is 0 Å². The molecule has 3 aromatic carbocycles. The monoisotopic (exact) mass is 500 g/mol. The van der Waals surface area contributed by atoms with Crippen molar-refractivity contribution in [1.82, 2.24) is 5.16 Å². The van der Waals surface area contributed by atoms with Crippen molar-refractivity contribution in [3.8, 4) is 22.6 Å². The molecule has 0 bridgehead atoms. The minimum absolute atomic E-state index is 0.166. The highest BCUT2D eigenvalue weighted by molar-refractivity contribution is 6.01. The van der Waals surface area contributed by atoms with Crippen LogP contribution in [0.3, 0.4) is 0 Å². The molecule has 1 aromatic heterocycles. The van der Waals surface area contributed by atoms with Gasteiger partial charge in [-0.15, -0.1) is 0 Å². The smallest absolute Gasteiger partial charge is 0.361 e. The van der Waals surface area contributed by atoms with Gasteiger partial charge in [-0.1, -0.05) is 64.9 Å². The molecular formula is C29H28N2O6. The van der Waals surface area contributed by atoms with Crippen LogP contribution in [-0.4, -0.2) is 37.2 Å². The van der Waals surface area contributed by atoms with Crippen molar-refractivity contribution in [1.29, 1.82) is 0 Å². The minimum atomic E-state index is -0.510. The van der Waals surface area contributed by atoms with E-state index in [4.69, 9.17) is 23.6 Å². The third kappa shape index (κ3) is 6.55. The van der Waals surface area contributed by atoms with E-state index in [9.17, 15) is 4.79 Å². The number of aromatic nitrogens is 1. The molecule has 0 N–H and O–H groups in total. The second-order valence-corrected chi connectivity index (χ2v) is 8.02. The first-order chi connectivity index (χ1) is 18.1. The summed E-state index contributed by atoms with van der Waals surface area (Å²) >= 11 is 0. The lowest BCUT2D eigenvalue weighted by molar-refractivity contribution is 0.0515. The van der Waals surface area contributed by atoms with Gasteiger partial charge in [-0.2, -0.15) is 0 Å². The van der Waals surface area contributed by atoms with E-state index >= 15 is 0 Å². The fourth-order valence-electron chi connectivity index (χ4n) is 3.67. The van der Waals surface area contributed by atoms with Gasteiger partial charge in [-0.25, -0.2) is 4.79 Å². The first kappa shape index (κ1) is 25.5. The van der Waals surface area contributed by atoms with Gasteiger partial charge in [-0.3, -0.25) is 0 Å². The molecule has 0 saturated heterocycles. The van der Waals surface area contributed by atoms with E-state index in [0.717, 1.165) is 16.7 Å². The predicted octanol–water partition coefficient (Wildman–Crippen LogP) is 5.84. The van der Waals surface area contributed by atoms with E-state index < -0.39 is 5.97 Å². The van der Waals surface area contributed by atoms with E-state index in [1.165, 1.54) is 7.11 Å². The zero-order valence-corrected chi connectivity index (χ0v) is 21.0. The number of carbonyl (C=O) groups is 1. The summed E-state index contributed by atoms with van der Waals surface area (Å²) in [6.07, 6.45) is 0. The molecule has 0 radical (unpaired) electrons. The summed E-state index contributed by atoms with van der Waals surface area (Å²) in [7, 11) is 1.52. The van der Waals surface area contributed by atoms with Crippen LogP contribution in [0.1, 0.15) is 34.3 Å². The van der Waals surface area contributed by atoms with Crippen molar-refractivity contribution in [2.24, 2.45) is 5.16 Å². The maximum Gasteiger partial charge on any atom is 0.361 e. The summed E-state index contributed by atoms with van der Waals surface area (Å²) in [4.78, 5) is 17.1. The molecule has 4 aromatic rings. The highest BCUT2D eigenvalue weighted by Crippen LogP contribution is 2.29. The van der Waals surface area contributed by atoms with E-state index in [-0.39, 0.29) is 18.9 Å². The zero-order valence-electron chi connectivity index (χ0n) is 21.0. The second-order valence-electron chi connectivity index (χ2n) is 8.02. The van der Waals surface area contributed by atoms with Crippen molar-refractivity contribution in [3.63, 3.8) is 0 Å². The number of hydrogen-bond acceptors (Lipinski definition) is 8. The Morgan fingerprint density at radius 1 is 0.919 bits per heavy atom. The molecular weight excluding hydrogens is 472 g/mol. The normalized spacial score (nSPS) is 11.2. The maximum absolute atomic E-state index is 12.2. The third-order valence-corrected chi connectivity index (χ3v) is 5.49. The summed E-state index contributed by atoms with van der Waals surface area (Å²) in [6.45, 7) is 4.44. The Bertz CT molecular complexity index is 1330. The lowest BCUT2D eigenvalue weighted by Gasteiger charge is -2.10. The molecule has 190 valence electrons. The first-order valence-corrected chi connectivity index (χ1v) is 11.8. The summed E-state index contributed by atoms with van der Waals surface area (Å²) in [5.74, 6) is 1.45. The van der Waals surface area contributed by atoms with Crippen molar-refractivity contribution in [2.45, 2.75) is 20.5 Å². The standard InChI is InChI=1S/C29H28N2O6/c1-4-34-29(32)28-27(20(2)37-31-28)23-12-16-25(17-13-23)35-18-21-10-14-24(15-11-21)36-19-26(30-33-3)22-8-6-5-7-9-22/h5-17H,4,18-19H2,1-3H3. The van der Waals surface area contributed by atoms with Gasteiger partial charge in [0.15, 0.2) is 5.69 Å². The van der Waals surface area contributed by atoms with Crippen LogP contribution < -0.4 is 9.47 Å². The number of benzene rings is 3. The number of nitrogens with zero attached hydrogens (tertiary/aromatic N) is 2. The Kier molecular flexibility index (Phi) is 8.54. The maximum atomic E-state index is 12.2. The van der Waals surface area contributed by atoms with E-state index in [2.05, 4.69) is 10.3 Å². The van der Waals surface area contributed by atoms with Crippen LogP contribution in [0.2, 0.25) is 0 Å². The fourth-order valence-corrected chi connectivity index (χ4v) is 3.67. The fraction of sp³-hybridized carbons (Fsp3) is 0.207. The predicted molar refractivity (Wildman–Crippen MR) is 139 cm³/mol. The second kappa shape index (κ2) is 12.4. The van der Waals surface area contributed by atoms with Crippen LogP contribution in [0.15, 0.2) is 88.5 Å². The summed E-state index contributed by atoms with van der Waals surface area (Å²) < 4.78 is 22.1. The van der Waals surface area contributed by atoms with Gasteiger partial charge in [0.25, 0.3) is 0 Å². The molecule has 0 aliphatic carbocycles. The molecule has 0 fully saturated rings. The summed E-state index contributed by atoms with van der Waals surface area (Å²) in [5, 5.41) is 7.94. The molecule has 4 rings (SSSR count). The summed E-state index contributed by atoms with van der Waals surface area (Å²) in [6, 6.07) is 24.8. The van der Waals surface area contributed by atoms with Crippen LogP contribution in [-0.2, 0) is 16.2 Å². The number of aryl methyl sites for hydroxylation is 1. The molecule has 0 saturated carbocycles. The Hall–Kier alpha value is -4.59. The Morgan fingerprint density at radius 2 is 1.59 bits per heavy atom. The zero-order chi connectivity index (χ0) is 26.0. The van der Waals surface area contributed by atoms with E-state index in [1.54, 1.807) is 13.8 Å². The first-order valence-electron chi connectivity index (χ1n) is 11.8. The quantitative estimate of drug-likeness (QED) is 0.145. The average Bonchev–Trinajstić information content (AvgIpc) is 3.32. The number of oxime groups is 1. The minimum Gasteiger partial charge on any atom is -0.489 e. The van der Waals surface area contributed by atoms with Gasteiger partial charge < -0.3 is 23.6 Å². The number of carbonyl (C=O) groups excluding carboxylic acids is 1. The Balaban J connectivity index is 1.34. The van der Waals surface area contributed by atoms with Crippen LogP contribution in [0.5, 0.6) is 11.5 Å². The molecule has 0 aliphatic rings. The highest BCUT2D eigenvalue weighted by atomic mass is 16.6. The number of esters is 1. The van der Waals surface area contributed by atoms with E-state index in [0.29, 0.717) is 35.1 Å². The molecule has 0 aliphatic heterocycles. The molecule has 0 atom stereocenters. The van der Waals surface area contributed by atoms with Crippen LogP contribution in [0, 0.1) is 6.92 Å². The third-order valence-electron chi connectivity index (χ3n) is 5.49. The molecule has 0 unspecified atom stereocenters.